The summed E-state index contributed by atoms with van der Waals surface area (Å²) in [5, 5.41) is 42.5. The van der Waals surface area contributed by atoms with E-state index in [-0.39, 0.29) is 29.6 Å². The summed E-state index contributed by atoms with van der Waals surface area (Å²) in [6.45, 7) is 2.66. The van der Waals surface area contributed by atoms with Crippen molar-refractivity contribution in [3.05, 3.63) is 0 Å². The van der Waals surface area contributed by atoms with Crippen molar-refractivity contribution in [2.24, 2.45) is 0 Å². The molecule has 0 amide bonds. The number of unbranched alkanes of at least 4 members (excludes halogenated alkanes) is 15. The van der Waals surface area contributed by atoms with Gasteiger partial charge in [0.15, 0.2) is 5.60 Å². The number of hydrogen-bond donors (Lipinski definition) is 5. The molecular formula is C24H47NaO8. The van der Waals surface area contributed by atoms with E-state index in [2.05, 4.69) is 6.92 Å². The summed E-state index contributed by atoms with van der Waals surface area (Å²) < 4.78 is 0. The third-order valence-corrected chi connectivity index (χ3v) is 5.30. The number of rotatable bonds is 21. The molecule has 0 aromatic rings. The first-order valence-electron chi connectivity index (χ1n) is 12.2. The number of aliphatic hydroxyl groups is 2. The maximum absolute atomic E-state index is 10.3. The van der Waals surface area contributed by atoms with E-state index in [1.54, 1.807) is 0 Å². The zero-order chi connectivity index (χ0) is 24.7. The number of hydrogen-bond acceptors (Lipinski definition) is 5. The molecule has 5 N–H and O–H groups in total. The van der Waals surface area contributed by atoms with Crippen LogP contribution < -0.4 is 0 Å². The Morgan fingerprint density at radius 2 is 0.848 bits per heavy atom. The molecule has 0 aliphatic heterocycles. The molecule has 0 saturated heterocycles. The zero-order valence-corrected chi connectivity index (χ0v) is 19.9. The number of carboxylic acid groups (broad SMARTS) is 3. The van der Waals surface area contributed by atoms with Gasteiger partial charge in [-0.25, -0.2) is 4.79 Å². The molecule has 0 rings (SSSR count). The number of carboxylic acids is 3. The van der Waals surface area contributed by atoms with Crippen molar-refractivity contribution in [3.8, 4) is 0 Å². The van der Waals surface area contributed by atoms with Crippen molar-refractivity contribution in [2.45, 2.75) is 128 Å². The molecule has 0 radical (unpaired) electrons. The van der Waals surface area contributed by atoms with Crippen LogP contribution in [0.25, 0.3) is 0 Å². The minimum atomic E-state index is -2.74. The average molecular weight is 487 g/mol. The predicted molar refractivity (Wildman–Crippen MR) is 131 cm³/mol. The van der Waals surface area contributed by atoms with Gasteiger partial charge in [-0.1, -0.05) is 103 Å². The summed E-state index contributed by atoms with van der Waals surface area (Å²) in [7, 11) is 0. The fourth-order valence-electron chi connectivity index (χ4n) is 3.37. The van der Waals surface area contributed by atoms with Crippen LogP contribution in [0.4, 0.5) is 0 Å². The summed E-state index contributed by atoms with van der Waals surface area (Å²) in [5.74, 6) is -5.02. The fourth-order valence-corrected chi connectivity index (χ4v) is 3.37. The fraction of sp³-hybridized carbons (Fsp3) is 0.875. The molecule has 9 heteroatoms. The van der Waals surface area contributed by atoms with Gasteiger partial charge in [-0.15, -0.1) is 0 Å². The van der Waals surface area contributed by atoms with E-state index < -0.39 is 36.4 Å². The number of carbonyl (C=O) groups is 3. The minimum absolute atomic E-state index is 0. The van der Waals surface area contributed by atoms with Crippen LogP contribution in [0.3, 0.4) is 0 Å². The van der Waals surface area contributed by atoms with Crippen LogP contribution >= 0.6 is 0 Å². The van der Waals surface area contributed by atoms with Crippen molar-refractivity contribution < 1.29 is 39.9 Å². The molecule has 0 atom stereocenters. The van der Waals surface area contributed by atoms with Gasteiger partial charge in [-0.2, -0.15) is 0 Å². The van der Waals surface area contributed by atoms with E-state index in [0.29, 0.717) is 6.61 Å². The van der Waals surface area contributed by atoms with Crippen molar-refractivity contribution in [1.82, 2.24) is 0 Å². The Hall–Kier alpha value is -0.670. The average Bonchev–Trinajstić information content (AvgIpc) is 2.70. The van der Waals surface area contributed by atoms with E-state index >= 15 is 0 Å². The van der Waals surface area contributed by atoms with Gasteiger partial charge in [-0.05, 0) is 6.42 Å². The van der Waals surface area contributed by atoms with Crippen molar-refractivity contribution >= 4 is 47.5 Å². The number of aliphatic carboxylic acids is 3. The quantitative estimate of drug-likeness (QED) is 0.119. The summed E-state index contributed by atoms with van der Waals surface area (Å²) >= 11 is 0. The summed E-state index contributed by atoms with van der Waals surface area (Å²) in [6, 6.07) is 0. The third kappa shape index (κ3) is 27.5. The predicted octanol–water partition coefficient (Wildman–Crippen LogP) is 4.34. The molecule has 192 valence electrons. The van der Waals surface area contributed by atoms with Gasteiger partial charge in [-0.3, -0.25) is 9.59 Å². The number of aliphatic hydroxyl groups excluding tert-OH is 1. The van der Waals surface area contributed by atoms with Crippen LogP contribution in [0.5, 0.6) is 0 Å². The van der Waals surface area contributed by atoms with E-state index in [9.17, 15) is 14.4 Å². The van der Waals surface area contributed by atoms with Crippen LogP contribution in [0, 0.1) is 0 Å². The zero-order valence-electron chi connectivity index (χ0n) is 19.9. The molecular weight excluding hydrogens is 439 g/mol. The van der Waals surface area contributed by atoms with Crippen LogP contribution in [-0.2, 0) is 14.4 Å². The van der Waals surface area contributed by atoms with E-state index in [1.165, 1.54) is 96.3 Å². The van der Waals surface area contributed by atoms with Gasteiger partial charge in [0.05, 0.1) is 12.8 Å². The standard InChI is InChI=1S/C18H38O.C6H8O7.Na.H/c1-2-3-4-5-6-7-8-9-10-11-12-13-14-15-16-17-18-19;7-3(8)1-6(13,5(11)12)2-4(9)10;;/h19H,2-18H2,1H3;13H,1-2H2,(H,7,8)(H,9,10)(H,11,12);;. The molecule has 0 heterocycles. The van der Waals surface area contributed by atoms with Gasteiger partial charge in [0.1, 0.15) is 0 Å². The van der Waals surface area contributed by atoms with Gasteiger partial charge in [0.2, 0.25) is 0 Å². The van der Waals surface area contributed by atoms with Gasteiger partial charge < -0.3 is 25.5 Å². The first-order chi connectivity index (χ1) is 15.2. The summed E-state index contributed by atoms with van der Waals surface area (Å²) in [6.07, 6.45) is 19.9. The monoisotopic (exact) mass is 486 g/mol. The molecule has 0 saturated carbocycles. The van der Waals surface area contributed by atoms with Crippen LogP contribution in [0.15, 0.2) is 0 Å². The van der Waals surface area contributed by atoms with Gasteiger partial charge in [0.25, 0.3) is 0 Å². The first-order valence-corrected chi connectivity index (χ1v) is 12.2. The SMILES string of the molecule is CCCCCCCCCCCCCCCCCCO.O=C(O)CC(O)(CC(=O)O)C(=O)O.[NaH]. The summed E-state index contributed by atoms with van der Waals surface area (Å²) in [5.41, 5.74) is -2.74. The van der Waals surface area contributed by atoms with Crippen molar-refractivity contribution in [1.29, 1.82) is 0 Å². The van der Waals surface area contributed by atoms with Gasteiger partial charge >= 0.3 is 47.5 Å². The molecule has 0 bridgehead atoms. The molecule has 8 nitrogen and oxygen atoms in total. The molecule has 0 aliphatic rings. The van der Waals surface area contributed by atoms with E-state index in [1.807, 2.05) is 0 Å². The topological polar surface area (TPSA) is 152 Å². The summed E-state index contributed by atoms with van der Waals surface area (Å²) in [4.78, 5) is 30.5. The maximum atomic E-state index is 10.3. The van der Waals surface area contributed by atoms with Crippen molar-refractivity contribution in [2.75, 3.05) is 6.61 Å². The molecule has 33 heavy (non-hydrogen) atoms. The second kappa shape index (κ2) is 25.9. The Morgan fingerprint density at radius 3 is 1.06 bits per heavy atom. The molecule has 0 fully saturated rings. The molecule has 0 aromatic heterocycles. The molecule has 0 unspecified atom stereocenters. The Labute approximate surface area is 221 Å². The van der Waals surface area contributed by atoms with Crippen LogP contribution in [0.1, 0.15) is 122 Å². The second-order valence-corrected chi connectivity index (χ2v) is 8.50. The Bertz CT molecular complexity index is 453. The second-order valence-electron chi connectivity index (χ2n) is 8.50. The Balaban J connectivity index is -0.000000566. The molecule has 0 aliphatic carbocycles. The molecule has 0 spiro atoms. The van der Waals surface area contributed by atoms with Crippen molar-refractivity contribution in [3.63, 3.8) is 0 Å². The van der Waals surface area contributed by atoms with E-state index in [4.69, 9.17) is 25.5 Å². The van der Waals surface area contributed by atoms with Gasteiger partial charge in [0, 0.05) is 6.61 Å². The molecule has 0 aromatic carbocycles. The van der Waals surface area contributed by atoms with Crippen LogP contribution in [-0.4, -0.2) is 85.2 Å². The van der Waals surface area contributed by atoms with E-state index in [0.717, 1.165) is 6.42 Å². The first kappa shape index (κ1) is 36.9. The Morgan fingerprint density at radius 1 is 0.576 bits per heavy atom. The third-order valence-electron chi connectivity index (χ3n) is 5.30. The van der Waals surface area contributed by atoms with Crippen LogP contribution in [0.2, 0.25) is 0 Å². The normalized spacial score (nSPS) is 10.6. The Kier molecular flexibility index (Phi) is 29.0.